The van der Waals surface area contributed by atoms with E-state index in [4.69, 9.17) is 4.74 Å². The average Bonchev–Trinajstić information content (AvgIpc) is 3.30. The second-order valence-electron chi connectivity index (χ2n) is 10.1. The van der Waals surface area contributed by atoms with Gasteiger partial charge in [0.15, 0.2) is 9.84 Å². The SMILES string of the molecule is COc1cc(C)c2[nH]ccc2c1CN1CC[C@@H](N2CC(S(C)(=O)=O)C2)C[C@H]1c1ccc(C(=O)O)cc1. The van der Waals surface area contributed by atoms with Crippen LogP contribution in [0.15, 0.2) is 42.6 Å². The number of aromatic carboxylic acids is 1. The lowest BCUT2D eigenvalue weighted by atomic mass is 9.88. The molecule has 0 aliphatic carbocycles. The number of benzene rings is 2. The molecule has 2 saturated heterocycles. The highest BCUT2D eigenvalue weighted by Crippen LogP contribution is 2.39. The summed E-state index contributed by atoms with van der Waals surface area (Å²) in [6, 6.07) is 11.7. The van der Waals surface area contributed by atoms with Gasteiger partial charge in [-0.05, 0) is 55.2 Å². The highest BCUT2D eigenvalue weighted by molar-refractivity contribution is 7.91. The molecule has 8 nitrogen and oxygen atoms in total. The van der Waals surface area contributed by atoms with E-state index in [0.717, 1.165) is 52.7 Å². The minimum atomic E-state index is -3.02. The molecule has 36 heavy (non-hydrogen) atoms. The number of nitrogens with zero attached hydrogens (tertiary/aromatic N) is 2. The maximum Gasteiger partial charge on any atom is 0.335 e. The highest BCUT2D eigenvalue weighted by atomic mass is 32.2. The number of methoxy groups -OCH3 is 1. The lowest BCUT2D eigenvalue weighted by Crippen LogP contribution is -2.60. The van der Waals surface area contributed by atoms with Crippen molar-refractivity contribution in [2.45, 2.75) is 43.6 Å². The van der Waals surface area contributed by atoms with Crippen LogP contribution in [0, 0.1) is 6.92 Å². The van der Waals surface area contributed by atoms with Gasteiger partial charge in [-0.1, -0.05) is 12.1 Å². The number of carboxylic acid groups (broad SMARTS) is 1. The topological polar surface area (TPSA) is 103 Å². The molecule has 2 N–H and O–H groups in total. The van der Waals surface area contributed by atoms with Gasteiger partial charge in [-0.15, -0.1) is 0 Å². The number of ether oxygens (including phenoxy) is 1. The Morgan fingerprint density at radius 1 is 1.19 bits per heavy atom. The molecular weight excluding hydrogens is 478 g/mol. The summed E-state index contributed by atoms with van der Waals surface area (Å²) in [6.07, 6.45) is 5.08. The largest absolute Gasteiger partial charge is 0.496 e. The van der Waals surface area contributed by atoms with Gasteiger partial charge < -0.3 is 14.8 Å². The van der Waals surface area contributed by atoms with Crippen molar-refractivity contribution in [2.75, 3.05) is 33.0 Å². The van der Waals surface area contributed by atoms with Crippen molar-refractivity contribution in [3.05, 3.63) is 64.8 Å². The van der Waals surface area contributed by atoms with E-state index in [2.05, 4.69) is 33.8 Å². The van der Waals surface area contributed by atoms with Crippen LogP contribution in [0.1, 0.15) is 45.9 Å². The number of H-pyrrole nitrogens is 1. The van der Waals surface area contributed by atoms with Gasteiger partial charge in [-0.2, -0.15) is 0 Å². The molecule has 2 aliphatic heterocycles. The molecule has 3 heterocycles. The molecular formula is C27H33N3O5S. The maximum atomic E-state index is 11.9. The van der Waals surface area contributed by atoms with Crippen molar-refractivity contribution in [3.8, 4) is 5.75 Å². The van der Waals surface area contributed by atoms with Crippen molar-refractivity contribution in [1.82, 2.24) is 14.8 Å². The number of carbonyl (C=O) groups is 1. The number of sulfone groups is 1. The van der Waals surface area contributed by atoms with Gasteiger partial charge in [0.25, 0.3) is 0 Å². The minimum Gasteiger partial charge on any atom is -0.496 e. The quantitative estimate of drug-likeness (QED) is 0.499. The van der Waals surface area contributed by atoms with Crippen LogP contribution in [0.4, 0.5) is 0 Å². The molecule has 3 aromatic rings. The Kier molecular flexibility index (Phi) is 6.57. The first kappa shape index (κ1) is 24.8. The Balaban J connectivity index is 1.44. The van der Waals surface area contributed by atoms with Crippen molar-refractivity contribution in [1.29, 1.82) is 0 Å². The predicted octanol–water partition coefficient (Wildman–Crippen LogP) is 3.62. The van der Waals surface area contributed by atoms with E-state index in [-0.39, 0.29) is 22.9 Å². The van der Waals surface area contributed by atoms with E-state index in [1.54, 1.807) is 19.2 Å². The van der Waals surface area contributed by atoms with Crippen LogP contribution in [0.5, 0.6) is 5.75 Å². The van der Waals surface area contributed by atoms with Gasteiger partial charge in [0.2, 0.25) is 0 Å². The Morgan fingerprint density at radius 2 is 1.92 bits per heavy atom. The average molecular weight is 512 g/mol. The lowest BCUT2D eigenvalue weighted by Gasteiger charge is -2.49. The number of nitrogens with one attached hydrogen (secondary N) is 1. The first-order valence-corrected chi connectivity index (χ1v) is 14.2. The summed E-state index contributed by atoms with van der Waals surface area (Å²) in [4.78, 5) is 19.5. The van der Waals surface area contributed by atoms with Crippen LogP contribution >= 0.6 is 0 Å². The van der Waals surface area contributed by atoms with E-state index in [1.807, 2.05) is 18.3 Å². The summed E-state index contributed by atoms with van der Waals surface area (Å²) in [5.74, 6) is -0.0769. The molecule has 0 unspecified atom stereocenters. The summed E-state index contributed by atoms with van der Waals surface area (Å²) in [5, 5.41) is 10.2. The Bertz CT molecular complexity index is 1380. The van der Waals surface area contributed by atoms with Crippen LogP contribution < -0.4 is 4.74 Å². The fourth-order valence-corrected chi connectivity index (χ4v) is 6.66. The third-order valence-electron chi connectivity index (χ3n) is 7.92. The first-order valence-electron chi connectivity index (χ1n) is 12.3. The third-order valence-corrected chi connectivity index (χ3v) is 9.43. The van der Waals surface area contributed by atoms with Crippen LogP contribution in [-0.4, -0.2) is 78.6 Å². The Hall–Kier alpha value is -2.88. The molecule has 0 spiro atoms. The number of piperidine rings is 1. The summed E-state index contributed by atoms with van der Waals surface area (Å²) in [6.45, 7) is 4.79. The number of carboxylic acids is 1. The molecule has 1 aromatic heterocycles. The monoisotopic (exact) mass is 511 g/mol. The Labute approximate surface area is 211 Å². The van der Waals surface area contributed by atoms with E-state index in [1.165, 1.54) is 6.26 Å². The molecule has 0 amide bonds. The van der Waals surface area contributed by atoms with Crippen molar-refractivity contribution >= 4 is 26.7 Å². The molecule has 0 radical (unpaired) electrons. The van der Waals surface area contributed by atoms with Crippen LogP contribution in [-0.2, 0) is 16.4 Å². The number of hydrogen-bond donors (Lipinski definition) is 2. The second-order valence-corrected chi connectivity index (χ2v) is 12.5. The minimum absolute atomic E-state index is 0.0730. The zero-order valence-electron chi connectivity index (χ0n) is 20.9. The molecule has 5 rings (SSSR count). The first-order chi connectivity index (χ1) is 17.2. The standard InChI is InChI=1S/C27H33N3O5S/c1-17-12-25(35-2)23(22-8-10-28-26(17)22)16-29-11-9-20(30-14-21(15-30)36(3,33)34)13-24(29)18-4-6-19(7-5-18)27(31)32/h4-8,10,12,20-21,24,28H,9,11,13-16H2,1-3H3,(H,31,32)/t20-,24+/m1/s1. The van der Waals surface area contributed by atoms with Crippen LogP contribution in [0.25, 0.3) is 10.9 Å². The smallest absolute Gasteiger partial charge is 0.335 e. The number of likely N-dealkylation sites (tertiary alicyclic amines) is 2. The highest BCUT2D eigenvalue weighted by Gasteiger charge is 2.41. The molecule has 2 aliphatic rings. The number of hydrogen-bond acceptors (Lipinski definition) is 6. The zero-order chi connectivity index (χ0) is 25.6. The predicted molar refractivity (Wildman–Crippen MR) is 139 cm³/mol. The van der Waals surface area contributed by atoms with Gasteiger partial charge in [-0.3, -0.25) is 9.80 Å². The van der Waals surface area contributed by atoms with Crippen molar-refractivity contribution < 1.29 is 23.1 Å². The number of aromatic nitrogens is 1. The summed E-state index contributed by atoms with van der Waals surface area (Å²) in [7, 11) is -1.32. The fourth-order valence-electron chi connectivity index (χ4n) is 5.73. The van der Waals surface area contributed by atoms with Gasteiger partial charge in [0, 0.05) is 67.2 Å². The molecule has 192 valence electrons. The van der Waals surface area contributed by atoms with Crippen LogP contribution in [0.3, 0.4) is 0 Å². The number of fused-ring (bicyclic) bond motifs is 1. The number of rotatable bonds is 7. The van der Waals surface area contributed by atoms with Gasteiger partial charge in [-0.25, -0.2) is 13.2 Å². The second kappa shape index (κ2) is 9.53. The Morgan fingerprint density at radius 3 is 2.56 bits per heavy atom. The van der Waals surface area contributed by atoms with Crippen molar-refractivity contribution in [3.63, 3.8) is 0 Å². The lowest BCUT2D eigenvalue weighted by molar-refractivity contribution is 0.0312. The fraction of sp³-hybridized carbons (Fsp3) is 0.444. The number of aromatic amines is 1. The summed E-state index contributed by atoms with van der Waals surface area (Å²) in [5.41, 5.74) is 4.71. The molecule has 0 saturated carbocycles. The number of aryl methyl sites for hydroxylation is 1. The van der Waals surface area contributed by atoms with Gasteiger partial charge in [0.05, 0.1) is 17.9 Å². The zero-order valence-corrected chi connectivity index (χ0v) is 21.7. The summed E-state index contributed by atoms with van der Waals surface area (Å²) < 4.78 is 29.7. The van der Waals surface area contributed by atoms with E-state index in [9.17, 15) is 18.3 Å². The normalized spacial score (nSPS) is 22.0. The molecule has 0 bridgehead atoms. The van der Waals surface area contributed by atoms with E-state index in [0.29, 0.717) is 19.6 Å². The van der Waals surface area contributed by atoms with E-state index >= 15 is 0 Å². The third kappa shape index (κ3) is 4.63. The van der Waals surface area contributed by atoms with Gasteiger partial charge in [0.1, 0.15) is 5.75 Å². The molecule has 2 atom stereocenters. The van der Waals surface area contributed by atoms with E-state index < -0.39 is 15.8 Å². The molecule has 2 aromatic carbocycles. The maximum absolute atomic E-state index is 11.9. The summed E-state index contributed by atoms with van der Waals surface area (Å²) >= 11 is 0. The van der Waals surface area contributed by atoms with Gasteiger partial charge >= 0.3 is 5.97 Å². The molecule has 9 heteroatoms. The van der Waals surface area contributed by atoms with Crippen molar-refractivity contribution in [2.24, 2.45) is 0 Å². The van der Waals surface area contributed by atoms with Crippen LogP contribution in [0.2, 0.25) is 0 Å². The molecule has 2 fully saturated rings.